The molecule has 2 unspecified atom stereocenters. The van der Waals surface area contributed by atoms with Crippen molar-refractivity contribution >= 4 is 38.7 Å². The van der Waals surface area contributed by atoms with Gasteiger partial charge in [0.25, 0.3) is 0 Å². The lowest BCUT2D eigenvalue weighted by molar-refractivity contribution is 0.345. The molecule has 10 heteroatoms. The topological polar surface area (TPSA) is 88.5 Å². The van der Waals surface area contributed by atoms with Crippen LogP contribution in [-0.2, 0) is 10.0 Å². The molecule has 0 spiro atoms. The first kappa shape index (κ1) is 26.5. The SMILES string of the molecule is COc1cc(N2C(=S)NC(c3ccccn3)C2c2cc(C)n(C3CCCCC3)c2C)ccc1NS(C)(=O)=O. The third-order valence-corrected chi connectivity index (χ3v) is 8.54. The van der Waals surface area contributed by atoms with E-state index >= 15 is 0 Å². The van der Waals surface area contributed by atoms with E-state index in [4.69, 9.17) is 17.0 Å². The molecule has 1 aliphatic heterocycles. The van der Waals surface area contributed by atoms with E-state index in [1.54, 1.807) is 12.3 Å². The molecule has 2 fully saturated rings. The van der Waals surface area contributed by atoms with Crippen LogP contribution in [0, 0.1) is 13.8 Å². The standard InChI is InChI=1S/C28H35N5O3S2/c1-18-16-22(19(2)32(18)20-10-6-5-7-11-20)27-26(24-12-8-9-15-29-24)30-28(37)33(27)21-13-14-23(25(17-21)36-3)31-38(4,34)35/h8-9,12-17,20,26-27,31H,5-7,10-11H2,1-4H3,(H,30,37). The Morgan fingerprint density at radius 3 is 2.53 bits per heavy atom. The van der Waals surface area contributed by atoms with E-state index in [9.17, 15) is 8.42 Å². The predicted octanol–water partition coefficient (Wildman–Crippen LogP) is 5.56. The molecule has 1 saturated carbocycles. The fraction of sp³-hybridized carbons (Fsp3) is 0.429. The van der Waals surface area contributed by atoms with Gasteiger partial charge in [0.2, 0.25) is 10.0 Å². The highest BCUT2D eigenvalue weighted by Crippen LogP contribution is 2.45. The smallest absolute Gasteiger partial charge is 0.229 e. The zero-order chi connectivity index (χ0) is 27.0. The largest absolute Gasteiger partial charge is 0.494 e. The molecule has 1 aliphatic carbocycles. The number of sulfonamides is 1. The van der Waals surface area contributed by atoms with Crippen molar-refractivity contribution < 1.29 is 13.2 Å². The van der Waals surface area contributed by atoms with Crippen LogP contribution in [0.15, 0.2) is 48.7 Å². The van der Waals surface area contributed by atoms with Crippen molar-refractivity contribution in [3.8, 4) is 5.75 Å². The van der Waals surface area contributed by atoms with Crippen LogP contribution < -0.4 is 19.7 Å². The molecular formula is C28H35N5O3S2. The number of anilines is 2. The molecule has 3 heterocycles. The summed E-state index contributed by atoms with van der Waals surface area (Å²) in [5.41, 5.74) is 5.81. The number of methoxy groups -OCH3 is 1. The molecule has 202 valence electrons. The normalized spacial score (nSPS) is 20.4. The minimum Gasteiger partial charge on any atom is -0.494 e. The number of thiocarbonyl (C=S) groups is 1. The van der Waals surface area contributed by atoms with Gasteiger partial charge in [-0.05, 0) is 74.8 Å². The summed E-state index contributed by atoms with van der Waals surface area (Å²) in [5, 5.41) is 4.11. The average molecular weight is 554 g/mol. The van der Waals surface area contributed by atoms with Gasteiger partial charge in [0.15, 0.2) is 5.11 Å². The molecule has 5 rings (SSSR count). The lowest BCUT2D eigenvalue weighted by Crippen LogP contribution is -2.29. The average Bonchev–Trinajstić information content (AvgIpc) is 3.39. The molecule has 0 radical (unpaired) electrons. The Morgan fingerprint density at radius 2 is 1.87 bits per heavy atom. The molecule has 2 aliphatic rings. The van der Waals surface area contributed by atoms with E-state index in [1.165, 1.54) is 56.2 Å². The Labute approximate surface area is 230 Å². The monoisotopic (exact) mass is 553 g/mol. The van der Waals surface area contributed by atoms with Crippen LogP contribution in [0.5, 0.6) is 5.75 Å². The van der Waals surface area contributed by atoms with Gasteiger partial charge in [-0.1, -0.05) is 25.3 Å². The van der Waals surface area contributed by atoms with E-state index in [-0.39, 0.29) is 12.1 Å². The maximum absolute atomic E-state index is 11.9. The zero-order valence-electron chi connectivity index (χ0n) is 22.3. The number of benzene rings is 1. The van der Waals surface area contributed by atoms with Crippen molar-refractivity contribution in [1.29, 1.82) is 0 Å². The van der Waals surface area contributed by atoms with E-state index in [2.05, 4.69) is 44.4 Å². The minimum absolute atomic E-state index is 0.153. The summed E-state index contributed by atoms with van der Waals surface area (Å²) in [6.45, 7) is 4.41. The number of pyridine rings is 1. The number of hydrogen-bond acceptors (Lipinski definition) is 5. The summed E-state index contributed by atoms with van der Waals surface area (Å²) in [5.74, 6) is 0.420. The molecule has 2 aromatic heterocycles. The Kier molecular flexibility index (Phi) is 7.37. The highest BCUT2D eigenvalue weighted by Gasteiger charge is 2.42. The van der Waals surface area contributed by atoms with E-state index in [0.29, 0.717) is 22.6 Å². The van der Waals surface area contributed by atoms with Gasteiger partial charge in [-0.2, -0.15) is 0 Å². The molecule has 2 atom stereocenters. The minimum atomic E-state index is -3.46. The molecule has 2 N–H and O–H groups in total. The first-order chi connectivity index (χ1) is 18.2. The third kappa shape index (κ3) is 5.11. The summed E-state index contributed by atoms with van der Waals surface area (Å²) in [7, 11) is -1.94. The van der Waals surface area contributed by atoms with Crippen LogP contribution in [-0.4, -0.2) is 36.4 Å². The van der Waals surface area contributed by atoms with Crippen molar-refractivity contribution in [2.75, 3.05) is 23.0 Å². The van der Waals surface area contributed by atoms with Gasteiger partial charge in [-0.25, -0.2) is 8.42 Å². The number of rotatable bonds is 7. The van der Waals surface area contributed by atoms with Crippen molar-refractivity contribution in [1.82, 2.24) is 14.9 Å². The van der Waals surface area contributed by atoms with Crippen LogP contribution >= 0.6 is 12.2 Å². The van der Waals surface area contributed by atoms with Crippen molar-refractivity contribution in [3.63, 3.8) is 0 Å². The van der Waals surface area contributed by atoms with Crippen LogP contribution in [0.2, 0.25) is 0 Å². The number of nitrogens with one attached hydrogen (secondary N) is 2. The van der Waals surface area contributed by atoms with Gasteiger partial charge in [0, 0.05) is 35.4 Å². The molecule has 3 aromatic rings. The van der Waals surface area contributed by atoms with Gasteiger partial charge in [-0.3, -0.25) is 9.71 Å². The lowest BCUT2D eigenvalue weighted by Gasteiger charge is -2.30. The highest BCUT2D eigenvalue weighted by molar-refractivity contribution is 7.92. The fourth-order valence-electron chi connectivity index (χ4n) is 6.07. The van der Waals surface area contributed by atoms with Gasteiger partial charge < -0.3 is 19.5 Å². The van der Waals surface area contributed by atoms with Crippen molar-refractivity contribution in [3.05, 3.63) is 71.3 Å². The van der Waals surface area contributed by atoms with Gasteiger partial charge in [0.1, 0.15) is 5.75 Å². The van der Waals surface area contributed by atoms with Gasteiger partial charge >= 0.3 is 0 Å². The molecule has 0 amide bonds. The summed E-state index contributed by atoms with van der Waals surface area (Å²) < 4.78 is 34.4. The van der Waals surface area contributed by atoms with Crippen LogP contribution in [0.25, 0.3) is 0 Å². The molecule has 1 saturated heterocycles. The Morgan fingerprint density at radius 1 is 1.11 bits per heavy atom. The van der Waals surface area contributed by atoms with E-state index < -0.39 is 10.0 Å². The molecule has 1 aromatic carbocycles. The van der Waals surface area contributed by atoms with Crippen molar-refractivity contribution in [2.24, 2.45) is 0 Å². The summed E-state index contributed by atoms with van der Waals surface area (Å²) in [6, 6.07) is 13.8. The second-order valence-corrected chi connectivity index (χ2v) is 12.4. The Hall–Kier alpha value is -3.11. The Bertz CT molecular complexity index is 1430. The molecular weight excluding hydrogens is 518 g/mol. The first-order valence-electron chi connectivity index (χ1n) is 13.0. The summed E-state index contributed by atoms with van der Waals surface area (Å²) in [6.07, 6.45) is 9.18. The summed E-state index contributed by atoms with van der Waals surface area (Å²) in [4.78, 5) is 6.78. The maximum Gasteiger partial charge on any atom is 0.229 e. The second kappa shape index (κ2) is 10.6. The molecule has 0 bridgehead atoms. The van der Waals surface area contributed by atoms with E-state index in [1.807, 2.05) is 30.3 Å². The van der Waals surface area contributed by atoms with Crippen LogP contribution in [0.3, 0.4) is 0 Å². The predicted molar refractivity (Wildman–Crippen MR) is 155 cm³/mol. The fourth-order valence-corrected chi connectivity index (χ4v) is 6.98. The third-order valence-electron chi connectivity index (χ3n) is 7.64. The number of nitrogens with zero attached hydrogens (tertiary/aromatic N) is 3. The first-order valence-corrected chi connectivity index (χ1v) is 15.3. The number of ether oxygens (including phenoxy) is 1. The Balaban J connectivity index is 1.62. The van der Waals surface area contributed by atoms with Crippen molar-refractivity contribution in [2.45, 2.75) is 64.1 Å². The molecule has 38 heavy (non-hydrogen) atoms. The van der Waals surface area contributed by atoms with Crippen LogP contribution in [0.1, 0.15) is 72.9 Å². The van der Waals surface area contributed by atoms with Crippen LogP contribution in [0.4, 0.5) is 11.4 Å². The summed E-state index contributed by atoms with van der Waals surface area (Å²) >= 11 is 5.91. The van der Waals surface area contributed by atoms with Gasteiger partial charge in [0.05, 0.1) is 36.8 Å². The second-order valence-electron chi connectivity index (χ2n) is 10.2. The zero-order valence-corrected chi connectivity index (χ0v) is 23.9. The number of hydrogen-bond donors (Lipinski definition) is 2. The lowest BCUT2D eigenvalue weighted by atomic mass is 9.94. The van der Waals surface area contributed by atoms with Gasteiger partial charge in [-0.15, -0.1) is 0 Å². The number of aromatic nitrogens is 2. The highest BCUT2D eigenvalue weighted by atomic mass is 32.2. The quantitative estimate of drug-likeness (QED) is 0.370. The maximum atomic E-state index is 11.9. The van der Waals surface area contributed by atoms with E-state index in [0.717, 1.165) is 17.6 Å². The molecule has 8 nitrogen and oxygen atoms in total. The number of aryl methyl sites for hydroxylation is 1.